The average Bonchev–Trinajstić information content (AvgIpc) is 2.49. The number of allylic oxidation sites excluding steroid dienone is 8. The van der Waals surface area contributed by atoms with Gasteiger partial charge in [-0.25, -0.2) is 0 Å². The minimum atomic E-state index is 0.260. The zero-order chi connectivity index (χ0) is 16.6. The molecule has 1 heteroatoms. The fraction of sp³-hybridized carbons (Fsp3) is 0.476. The van der Waals surface area contributed by atoms with E-state index in [4.69, 9.17) is 0 Å². The summed E-state index contributed by atoms with van der Waals surface area (Å²) in [6.07, 6.45) is 15.1. The molecule has 0 spiro atoms. The molecule has 0 atom stereocenters. The van der Waals surface area contributed by atoms with Crippen LogP contribution in [0.1, 0.15) is 59.3 Å². The van der Waals surface area contributed by atoms with E-state index in [2.05, 4.69) is 46.1 Å². The molecule has 0 heterocycles. The summed E-state index contributed by atoms with van der Waals surface area (Å²) in [6.45, 7) is 14.2. The monoisotopic (exact) mass is 298 g/mol. The summed E-state index contributed by atoms with van der Waals surface area (Å²) in [4.78, 5) is 12.0. The number of Topliss-reactive ketones (excluding diaryl/α,β-unsaturated/α-hetero) is 1. The van der Waals surface area contributed by atoms with E-state index in [0.29, 0.717) is 18.6 Å². The summed E-state index contributed by atoms with van der Waals surface area (Å²) in [7, 11) is 0. The minimum Gasteiger partial charge on any atom is -0.300 e. The van der Waals surface area contributed by atoms with Crippen molar-refractivity contribution in [3.63, 3.8) is 0 Å². The predicted octanol–water partition coefficient (Wildman–Crippen LogP) is 6.11. The largest absolute Gasteiger partial charge is 0.300 e. The van der Waals surface area contributed by atoms with Crippen LogP contribution < -0.4 is 0 Å². The first-order chi connectivity index (χ1) is 10.4. The highest BCUT2D eigenvalue weighted by atomic mass is 16.1. The van der Waals surface area contributed by atoms with E-state index < -0.39 is 0 Å². The van der Waals surface area contributed by atoms with Crippen LogP contribution in [0, 0.1) is 5.41 Å². The Labute approximate surface area is 136 Å². The number of carbonyl (C=O) groups is 1. The Kier molecular flexibility index (Phi) is 7.31. The molecule has 0 radical (unpaired) electrons. The molecular weight excluding hydrogens is 268 g/mol. The number of carbonyl (C=O) groups excluding carboxylic acids is 1. The van der Waals surface area contributed by atoms with Gasteiger partial charge in [0.15, 0.2) is 0 Å². The third kappa shape index (κ3) is 6.43. The van der Waals surface area contributed by atoms with E-state index in [0.717, 1.165) is 31.3 Å². The van der Waals surface area contributed by atoms with E-state index in [9.17, 15) is 4.79 Å². The lowest BCUT2D eigenvalue weighted by Crippen LogP contribution is -2.11. The zero-order valence-electron chi connectivity index (χ0n) is 14.5. The number of ketones is 1. The quantitative estimate of drug-likeness (QED) is 0.494. The highest BCUT2D eigenvalue weighted by Crippen LogP contribution is 2.33. The second kappa shape index (κ2) is 8.73. The van der Waals surface area contributed by atoms with Gasteiger partial charge in [-0.15, -0.1) is 0 Å². The van der Waals surface area contributed by atoms with Crippen molar-refractivity contribution in [2.75, 3.05) is 0 Å². The van der Waals surface area contributed by atoms with Gasteiger partial charge < -0.3 is 0 Å². The van der Waals surface area contributed by atoms with Crippen LogP contribution in [0.15, 0.2) is 60.3 Å². The minimum absolute atomic E-state index is 0.260. The molecule has 0 fully saturated rings. The van der Waals surface area contributed by atoms with Crippen molar-refractivity contribution in [2.45, 2.75) is 59.3 Å². The summed E-state index contributed by atoms with van der Waals surface area (Å²) in [6, 6.07) is 0. The van der Waals surface area contributed by atoms with Crippen LogP contribution in [0.3, 0.4) is 0 Å². The van der Waals surface area contributed by atoms with Crippen molar-refractivity contribution < 1.29 is 4.79 Å². The number of hydrogen-bond acceptors (Lipinski definition) is 1. The second-order valence-corrected chi connectivity index (χ2v) is 6.99. The third-order valence-corrected chi connectivity index (χ3v) is 4.21. The lowest BCUT2D eigenvalue weighted by atomic mass is 9.80. The fourth-order valence-corrected chi connectivity index (χ4v) is 2.63. The Hall–Kier alpha value is -1.63. The number of rotatable bonds is 8. The van der Waals surface area contributed by atoms with E-state index in [1.165, 1.54) is 11.1 Å². The first kappa shape index (κ1) is 18.4. The van der Waals surface area contributed by atoms with Crippen molar-refractivity contribution in [3.05, 3.63) is 60.3 Å². The Morgan fingerprint density at radius 2 is 1.86 bits per heavy atom. The van der Waals surface area contributed by atoms with Gasteiger partial charge in [0.1, 0.15) is 5.78 Å². The topological polar surface area (TPSA) is 17.1 Å². The lowest BCUT2D eigenvalue weighted by molar-refractivity contribution is -0.119. The van der Waals surface area contributed by atoms with Crippen LogP contribution in [0.4, 0.5) is 0 Å². The molecule has 0 aromatic rings. The van der Waals surface area contributed by atoms with Gasteiger partial charge in [0.25, 0.3) is 0 Å². The van der Waals surface area contributed by atoms with Gasteiger partial charge in [0, 0.05) is 12.8 Å². The molecule has 0 N–H and O–H groups in total. The summed E-state index contributed by atoms with van der Waals surface area (Å²) in [5.74, 6) is 0.336. The highest BCUT2D eigenvalue weighted by molar-refractivity contribution is 5.79. The first-order valence-corrected chi connectivity index (χ1v) is 8.21. The molecule has 0 aromatic carbocycles. The van der Waals surface area contributed by atoms with Crippen molar-refractivity contribution >= 4 is 5.78 Å². The van der Waals surface area contributed by atoms with Gasteiger partial charge in [0.2, 0.25) is 0 Å². The smallest absolute Gasteiger partial charge is 0.133 e. The molecular formula is C21H30O. The molecule has 1 nitrogen and oxygen atoms in total. The van der Waals surface area contributed by atoms with Crippen LogP contribution in [-0.4, -0.2) is 5.78 Å². The summed E-state index contributed by atoms with van der Waals surface area (Å²) >= 11 is 0. The molecule has 0 aromatic heterocycles. The molecule has 1 rings (SSSR count). The normalized spacial score (nSPS) is 15.9. The van der Waals surface area contributed by atoms with Gasteiger partial charge in [-0.3, -0.25) is 4.79 Å². The maximum Gasteiger partial charge on any atom is 0.133 e. The van der Waals surface area contributed by atoms with Gasteiger partial charge in [0.05, 0.1) is 0 Å². The van der Waals surface area contributed by atoms with Crippen LogP contribution in [0.25, 0.3) is 0 Å². The predicted molar refractivity (Wildman–Crippen MR) is 96.8 cm³/mol. The molecule has 0 saturated heterocycles. The van der Waals surface area contributed by atoms with E-state index in [-0.39, 0.29) is 5.41 Å². The van der Waals surface area contributed by atoms with E-state index in [1.54, 1.807) is 12.2 Å². The number of hydrogen-bond donors (Lipinski definition) is 0. The van der Waals surface area contributed by atoms with Crippen molar-refractivity contribution in [2.24, 2.45) is 5.41 Å². The molecule has 0 aliphatic heterocycles. The molecule has 0 saturated carbocycles. The van der Waals surface area contributed by atoms with E-state index >= 15 is 0 Å². The zero-order valence-corrected chi connectivity index (χ0v) is 14.5. The molecule has 120 valence electrons. The van der Waals surface area contributed by atoms with Crippen molar-refractivity contribution in [1.82, 2.24) is 0 Å². The van der Waals surface area contributed by atoms with Gasteiger partial charge >= 0.3 is 0 Å². The van der Waals surface area contributed by atoms with Gasteiger partial charge in [-0.05, 0) is 36.7 Å². The summed E-state index contributed by atoms with van der Waals surface area (Å²) in [5.41, 5.74) is 4.26. The van der Waals surface area contributed by atoms with Crippen molar-refractivity contribution in [3.8, 4) is 0 Å². The molecule has 1 aliphatic rings. The standard InChI is InChI=1S/C21H30O/c1-6-8-17(7-2)11-15-20(22)16-12-18-9-13-19(14-10-18)21(3,4)5/h6-9,13H,1-2,10-12,14-16H2,3-5H3/b17-8+. The SMILES string of the molecule is C=C/C=C(\C=C)CCC(=O)CCC1=CC=C(C(C)(C)C)CC1. The Morgan fingerprint density at radius 3 is 2.36 bits per heavy atom. The summed E-state index contributed by atoms with van der Waals surface area (Å²) < 4.78 is 0. The molecule has 1 aliphatic carbocycles. The lowest BCUT2D eigenvalue weighted by Gasteiger charge is -2.26. The maximum atomic E-state index is 12.0. The molecule has 0 amide bonds. The third-order valence-electron chi connectivity index (χ3n) is 4.21. The first-order valence-electron chi connectivity index (χ1n) is 8.21. The maximum absolute atomic E-state index is 12.0. The molecule has 0 unspecified atom stereocenters. The Bertz CT molecular complexity index is 507. The van der Waals surface area contributed by atoms with Crippen LogP contribution in [-0.2, 0) is 4.79 Å². The molecule has 0 bridgehead atoms. The highest BCUT2D eigenvalue weighted by Gasteiger charge is 2.19. The van der Waals surface area contributed by atoms with Crippen LogP contribution in [0.5, 0.6) is 0 Å². The summed E-state index contributed by atoms with van der Waals surface area (Å²) in [5, 5.41) is 0. The van der Waals surface area contributed by atoms with Crippen molar-refractivity contribution in [1.29, 1.82) is 0 Å². The van der Waals surface area contributed by atoms with Gasteiger partial charge in [-0.2, -0.15) is 0 Å². The average molecular weight is 298 g/mol. The second-order valence-electron chi connectivity index (χ2n) is 6.99. The van der Waals surface area contributed by atoms with Crippen LogP contribution >= 0.6 is 0 Å². The van der Waals surface area contributed by atoms with Gasteiger partial charge in [-0.1, -0.05) is 75.5 Å². The Morgan fingerprint density at radius 1 is 1.14 bits per heavy atom. The van der Waals surface area contributed by atoms with E-state index in [1.807, 2.05) is 6.08 Å². The van der Waals surface area contributed by atoms with Crippen LogP contribution in [0.2, 0.25) is 0 Å². The Balaban J connectivity index is 2.41. The molecule has 22 heavy (non-hydrogen) atoms. The fourth-order valence-electron chi connectivity index (χ4n) is 2.63.